The van der Waals surface area contributed by atoms with Crippen LogP contribution in [0.5, 0.6) is 0 Å². The molecule has 0 aromatic carbocycles. The van der Waals surface area contributed by atoms with Crippen LogP contribution in [0, 0.1) is 0 Å². The van der Waals surface area contributed by atoms with E-state index in [1.165, 1.54) is 0 Å². The zero-order valence-electron chi connectivity index (χ0n) is 3.54. The first-order chi connectivity index (χ1) is 2.00. The second-order valence-corrected chi connectivity index (χ2v) is 1.22. The Morgan fingerprint density at radius 1 is 1.14 bits per heavy atom. The van der Waals surface area contributed by atoms with Gasteiger partial charge in [-0.05, 0) is 0 Å². The molecular formula is NaO4SZr+. The Balaban J connectivity index is -0.0000000800. The molecule has 0 spiro atoms. The first-order valence-electron chi connectivity index (χ1n) is 0.667. The van der Waals surface area contributed by atoms with Crippen molar-refractivity contribution in [2.45, 2.75) is 0 Å². The van der Waals surface area contributed by atoms with Gasteiger partial charge < -0.3 is 9.11 Å². The van der Waals surface area contributed by atoms with Crippen molar-refractivity contribution in [1.82, 2.24) is 0 Å². The first-order valence-corrected chi connectivity index (χ1v) is 2.00. The van der Waals surface area contributed by atoms with E-state index in [4.69, 9.17) is 17.5 Å². The molecular weight excluding hydrogens is 210 g/mol. The van der Waals surface area contributed by atoms with Crippen molar-refractivity contribution in [3.05, 3.63) is 0 Å². The molecule has 34 valence electrons. The molecule has 0 aliphatic heterocycles. The van der Waals surface area contributed by atoms with Gasteiger partial charge in [0.1, 0.15) is 0 Å². The second kappa shape index (κ2) is 5.88. The van der Waals surface area contributed by atoms with Crippen LogP contribution in [0.2, 0.25) is 0 Å². The largest absolute Gasteiger partial charge is 2.00 e. The van der Waals surface area contributed by atoms with Crippen molar-refractivity contribution < 1.29 is 73.3 Å². The number of rotatable bonds is 0. The molecule has 0 fully saturated rings. The van der Waals surface area contributed by atoms with E-state index in [9.17, 15) is 0 Å². The van der Waals surface area contributed by atoms with Crippen molar-refractivity contribution in [3.8, 4) is 0 Å². The van der Waals surface area contributed by atoms with Gasteiger partial charge in [0.25, 0.3) is 0 Å². The molecule has 0 bridgehead atoms. The summed E-state index contributed by atoms with van der Waals surface area (Å²) < 4.78 is 34.1. The van der Waals surface area contributed by atoms with E-state index in [0.29, 0.717) is 0 Å². The monoisotopic (exact) mass is 209 g/mol. The first kappa shape index (κ1) is 15.9. The van der Waals surface area contributed by atoms with Crippen LogP contribution in [-0.2, 0) is 36.6 Å². The fourth-order valence-corrected chi connectivity index (χ4v) is 0. The van der Waals surface area contributed by atoms with Gasteiger partial charge in [-0.2, -0.15) is 0 Å². The quantitative estimate of drug-likeness (QED) is 0.230. The van der Waals surface area contributed by atoms with Gasteiger partial charge in [-0.1, -0.05) is 0 Å². The van der Waals surface area contributed by atoms with Crippen LogP contribution in [0.15, 0.2) is 0 Å². The van der Waals surface area contributed by atoms with Crippen molar-refractivity contribution in [2.75, 3.05) is 0 Å². The van der Waals surface area contributed by atoms with Gasteiger partial charge >= 0.3 is 55.8 Å². The molecule has 0 saturated heterocycles. The minimum absolute atomic E-state index is 0. The molecule has 7 heteroatoms. The van der Waals surface area contributed by atoms with E-state index in [-0.39, 0.29) is 55.8 Å². The predicted molar refractivity (Wildman–Crippen MR) is 10.5 cm³/mol. The van der Waals surface area contributed by atoms with Gasteiger partial charge in [0.15, 0.2) is 0 Å². The molecule has 0 aromatic rings. The normalized spacial score (nSPS) is 8.29. The Morgan fingerprint density at radius 3 is 1.14 bits per heavy atom. The second-order valence-electron chi connectivity index (χ2n) is 0.408. The van der Waals surface area contributed by atoms with Crippen LogP contribution in [0.4, 0.5) is 0 Å². The van der Waals surface area contributed by atoms with Crippen molar-refractivity contribution in [2.24, 2.45) is 0 Å². The van der Waals surface area contributed by atoms with Crippen molar-refractivity contribution >= 4 is 10.4 Å². The van der Waals surface area contributed by atoms with Gasteiger partial charge in [0.05, 0.1) is 0 Å². The summed E-state index contributed by atoms with van der Waals surface area (Å²) in [4.78, 5) is 0. The van der Waals surface area contributed by atoms with Crippen LogP contribution >= 0.6 is 0 Å². The number of hydrogen-bond donors (Lipinski definition) is 0. The average molecular weight is 210 g/mol. The molecule has 0 atom stereocenters. The molecule has 0 N–H and O–H groups in total. The van der Waals surface area contributed by atoms with E-state index in [2.05, 4.69) is 0 Å². The van der Waals surface area contributed by atoms with E-state index in [0.717, 1.165) is 0 Å². The van der Waals surface area contributed by atoms with Gasteiger partial charge in [-0.15, -0.1) is 0 Å². The van der Waals surface area contributed by atoms with Crippen molar-refractivity contribution in [3.63, 3.8) is 0 Å². The summed E-state index contributed by atoms with van der Waals surface area (Å²) in [6.45, 7) is 0. The van der Waals surface area contributed by atoms with E-state index >= 15 is 0 Å². The fourth-order valence-electron chi connectivity index (χ4n) is 0. The average Bonchev–Trinajstić information content (AvgIpc) is 0.722. The third kappa shape index (κ3) is 83.5. The van der Waals surface area contributed by atoms with E-state index in [1.54, 1.807) is 0 Å². The molecule has 0 heterocycles. The van der Waals surface area contributed by atoms with Crippen LogP contribution < -0.4 is 29.6 Å². The molecule has 0 saturated carbocycles. The molecule has 0 aliphatic rings. The van der Waals surface area contributed by atoms with Crippen LogP contribution in [0.25, 0.3) is 0 Å². The Morgan fingerprint density at radius 2 is 1.14 bits per heavy atom. The maximum Gasteiger partial charge on any atom is 2.00 e. The molecule has 0 unspecified atom stereocenters. The maximum absolute atomic E-state index is 8.52. The third-order valence-electron chi connectivity index (χ3n) is 0. The summed E-state index contributed by atoms with van der Waals surface area (Å²) in [5, 5.41) is 0. The minimum atomic E-state index is -5.17. The molecule has 7 heavy (non-hydrogen) atoms. The molecule has 4 nitrogen and oxygen atoms in total. The van der Waals surface area contributed by atoms with Crippen LogP contribution in [0.1, 0.15) is 0 Å². The third-order valence-corrected chi connectivity index (χ3v) is 0. The molecule has 0 rings (SSSR count). The molecule has 0 aromatic heterocycles. The smallest absolute Gasteiger partial charge is 0.759 e. The topological polar surface area (TPSA) is 80.3 Å². The summed E-state index contributed by atoms with van der Waals surface area (Å²) in [7, 11) is -5.17. The standard InChI is InChI=1S/Na.H2O4S.Zr/c;1-5(2,3)4;/h;(H2,1,2,3,4);/q+1;;+2/p-2. The van der Waals surface area contributed by atoms with E-state index < -0.39 is 10.4 Å². The predicted octanol–water partition coefficient (Wildman–Crippen LogP) is -4.34. The Bertz CT molecular complexity index is 94.9. The summed E-state index contributed by atoms with van der Waals surface area (Å²) in [5.41, 5.74) is 0. The zero-order chi connectivity index (χ0) is 4.50. The molecule has 0 amide bonds. The van der Waals surface area contributed by atoms with Gasteiger partial charge in [-0.3, -0.25) is 8.42 Å². The summed E-state index contributed by atoms with van der Waals surface area (Å²) in [6, 6.07) is 0. The maximum atomic E-state index is 8.52. The summed E-state index contributed by atoms with van der Waals surface area (Å²) in [5.74, 6) is 0. The Hall–Kier alpha value is 1.75. The van der Waals surface area contributed by atoms with Crippen LogP contribution in [0.3, 0.4) is 0 Å². The fraction of sp³-hybridized carbons (Fsp3) is 0. The zero-order valence-corrected chi connectivity index (χ0v) is 8.82. The van der Waals surface area contributed by atoms with Crippen LogP contribution in [-0.4, -0.2) is 17.5 Å². The Labute approximate surface area is 82.7 Å². The molecule has 0 aliphatic carbocycles. The molecule has 0 radical (unpaired) electrons. The summed E-state index contributed by atoms with van der Waals surface area (Å²) in [6.07, 6.45) is 0. The summed E-state index contributed by atoms with van der Waals surface area (Å²) >= 11 is 0. The number of hydrogen-bond acceptors (Lipinski definition) is 4. The van der Waals surface area contributed by atoms with Gasteiger partial charge in [-0.25, -0.2) is 0 Å². The minimum Gasteiger partial charge on any atom is -0.759 e. The van der Waals surface area contributed by atoms with Gasteiger partial charge in [0.2, 0.25) is 0 Å². The van der Waals surface area contributed by atoms with E-state index in [1.807, 2.05) is 0 Å². The SMILES string of the molecule is O=S(=O)([O-])[O-].[Na+].[Zr+2]. The Kier molecular flexibility index (Phi) is 13.4. The van der Waals surface area contributed by atoms with Gasteiger partial charge in [0, 0.05) is 10.4 Å². The van der Waals surface area contributed by atoms with Crippen molar-refractivity contribution in [1.29, 1.82) is 0 Å².